The summed E-state index contributed by atoms with van der Waals surface area (Å²) in [5.41, 5.74) is 2.65. The fourth-order valence-corrected chi connectivity index (χ4v) is 3.48. The van der Waals surface area contributed by atoms with E-state index >= 15 is 0 Å². The van der Waals surface area contributed by atoms with Gasteiger partial charge in [0.2, 0.25) is 0 Å². The molecule has 2 amide bonds. The van der Waals surface area contributed by atoms with Crippen LogP contribution in [-0.4, -0.2) is 41.0 Å². The third kappa shape index (κ3) is 4.00. The number of nitrogens with zero attached hydrogens (tertiary/aromatic N) is 3. The predicted octanol–water partition coefficient (Wildman–Crippen LogP) is 3.15. The van der Waals surface area contributed by atoms with Crippen molar-refractivity contribution in [2.75, 3.05) is 30.0 Å². The maximum Gasteiger partial charge on any atom is 0.276 e. The molecule has 1 saturated heterocycles. The van der Waals surface area contributed by atoms with E-state index in [1.165, 1.54) is 0 Å². The quantitative estimate of drug-likeness (QED) is 0.724. The SMILES string of the molecule is CC(C)Cc1nc(C(=O)Nc2ccc(N3CCOCC3=O)cc2)c2ccccn12. The van der Waals surface area contributed by atoms with Crippen LogP contribution in [0.2, 0.25) is 0 Å². The van der Waals surface area contributed by atoms with Crippen LogP contribution in [0.5, 0.6) is 0 Å². The van der Waals surface area contributed by atoms with Gasteiger partial charge in [0.1, 0.15) is 12.4 Å². The number of benzene rings is 1. The number of ether oxygens (including phenoxy) is 1. The maximum absolute atomic E-state index is 12.9. The molecule has 1 aliphatic heterocycles. The minimum Gasteiger partial charge on any atom is -0.370 e. The molecule has 1 N–H and O–H groups in total. The van der Waals surface area contributed by atoms with Crippen LogP contribution in [0.15, 0.2) is 48.7 Å². The van der Waals surface area contributed by atoms with Crippen molar-refractivity contribution in [2.45, 2.75) is 20.3 Å². The summed E-state index contributed by atoms with van der Waals surface area (Å²) in [7, 11) is 0. The number of carbonyl (C=O) groups is 2. The van der Waals surface area contributed by atoms with Gasteiger partial charge in [0.25, 0.3) is 11.8 Å². The molecule has 29 heavy (non-hydrogen) atoms. The van der Waals surface area contributed by atoms with Gasteiger partial charge >= 0.3 is 0 Å². The van der Waals surface area contributed by atoms with Gasteiger partial charge < -0.3 is 19.4 Å². The average Bonchev–Trinajstić information content (AvgIpc) is 3.07. The second-order valence-corrected chi connectivity index (χ2v) is 7.53. The zero-order chi connectivity index (χ0) is 20.4. The number of nitrogens with one attached hydrogen (secondary N) is 1. The number of imidazole rings is 1. The molecule has 0 bridgehead atoms. The summed E-state index contributed by atoms with van der Waals surface area (Å²) in [6.07, 6.45) is 2.73. The predicted molar refractivity (Wildman–Crippen MR) is 111 cm³/mol. The van der Waals surface area contributed by atoms with E-state index in [9.17, 15) is 9.59 Å². The molecule has 1 fully saturated rings. The Kier molecular flexibility index (Phi) is 5.31. The summed E-state index contributed by atoms with van der Waals surface area (Å²) in [5, 5.41) is 2.92. The molecule has 0 spiro atoms. The number of fused-ring (bicyclic) bond motifs is 1. The minimum absolute atomic E-state index is 0.0600. The van der Waals surface area contributed by atoms with Gasteiger partial charge in [-0.05, 0) is 42.3 Å². The van der Waals surface area contributed by atoms with Crippen molar-refractivity contribution in [3.8, 4) is 0 Å². The smallest absolute Gasteiger partial charge is 0.276 e. The highest BCUT2D eigenvalue weighted by Crippen LogP contribution is 2.21. The monoisotopic (exact) mass is 392 g/mol. The summed E-state index contributed by atoms with van der Waals surface area (Å²) < 4.78 is 7.14. The molecule has 7 nitrogen and oxygen atoms in total. The van der Waals surface area contributed by atoms with Crippen molar-refractivity contribution >= 4 is 28.7 Å². The Bertz CT molecular complexity index is 1040. The van der Waals surface area contributed by atoms with Gasteiger partial charge in [0.15, 0.2) is 5.69 Å². The first-order valence-corrected chi connectivity index (χ1v) is 9.78. The fraction of sp³-hybridized carbons (Fsp3) is 0.318. The molecule has 1 aliphatic rings. The standard InChI is InChI=1S/C22H24N4O3/c1-15(2)13-19-24-21(18-5-3-4-10-26(18)19)22(28)23-16-6-8-17(9-7-16)25-11-12-29-14-20(25)27/h3-10,15H,11-14H2,1-2H3,(H,23,28). The summed E-state index contributed by atoms with van der Waals surface area (Å²) in [6.45, 7) is 5.42. The van der Waals surface area contributed by atoms with E-state index in [0.717, 1.165) is 23.4 Å². The minimum atomic E-state index is -0.251. The van der Waals surface area contributed by atoms with Gasteiger partial charge in [0, 0.05) is 30.5 Å². The normalized spacial score (nSPS) is 14.6. The van der Waals surface area contributed by atoms with Gasteiger partial charge in [0.05, 0.1) is 12.1 Å². The first kappa shape index (κ1) is 19.1. The lowest BCUT2D eigenvalue weighted by atomic mass is 10.1. The van der Waals surface area contributed by atoms with Crippen LogP contribution in [0.3, 0.4) is 0 Å². The third-order valence-corrected chi connectivity index (χ3v) is 4.85. The molecule has 4 rings (SSSR count). The molecular weight excluding hydrogens is 368 g/mol. The van der Waals surface area contributed by atoms with Gasteiger partial charge in [-0.25, -0.2) is 4.98 Å². The molecule has 1 aromatic carbocycles. The zero-order valence-corrected chi connectivity index (χ0v) is 16.6. The third-order valence-electron chi connectivity index (χ3n) is 4.85. The number of morpholine rings is 1. The Hall–Kier alpha value is -3.19. The van der Waals surface area contributed by atoms with Crippen molar-refractivity contribution < 1.29 is 14.3 Å². The lowest BCUT2D eigenvalue weighted by Gasteiger charge is -2.26. The maximum atomic E-state index is 12.9. The molecular formula is C22H24N4O3. The molecule has 0 saturated carbocycles. The summed E-state index contributed by atoms with van der Waals surface area (Å²) in [4.78, 5) is 31.2. The van der Waals surface area contributed by atoms with E-state index in [1.807, 2.05) is 40.9 Å². The second kappa shape index (κ2) is 8.05. The summed E-state index contributed by atoms with van der Waals surface area (Å²) in [5.74, 6) is 1.00. The number of aromatic nitrogens is 2. The first-order chi connectivity index (χ1) is 14.0. The average molecular weight is 392 g/mol. The zero-order valence-electron chi connectivity index (χ0n) is 16.6. The lowest BCUT2D eigenvalue weighted by molar-refractivity contribution is -0.125. The Balaban J connectivity index is 1.54. The van der Waals surface area contributed by atoms with Crippen LogP contribution in [0.1, 0.15) is 30.2 Å². The summed E-state index contributed by atoms with van der Waals surface area (Å²) in [6, 6.07) is 13.0. The number of hydrogen-bond donors (Lipinski definition) is 1. The highest BCUT2D eigenvalue weighted by molar-refractivity contribution is 6.07. The van der Waals surface area contributed by atoms with E-state index in [0.29, 0.717) is 30.5 Å². The molecule has 0 radical (unpaired) electrons. The van der Waals surface area contributed by atoms with Gasteiger partial charge in [-0.15, -0.1) is 0 Å². The van der Waals surface area contributed by atoms with Gasteiger partial charge in [-0.3, -0.25) is 9.59 Å². The van der Waals surface area contributed by atoms with Crippen LogP contribution in [0.4, 0.5) is 11.4 Å². The van der Waals surface area contributed by atoms with Crippen molar-refractivity contribution in [1.82, 2.24) is 9.38 Å². The van der Waals surface area contributed by atoms with E-state index in [2.05, 4.69) is 24.1 Å². The van der Waals surface area contributed by atoms with Gasteiger partial charge in [-0.2, -0.15) is 0 Å². The highest BCUT2D eigenvalue weighted by Gasteiger charge is 2.21. The molecule has 3 heterocycles. The lowest BCUT2D eigenvalue weighted by Crippen LogP contribution is -2.41. The summed E-state index contributed by atoms with van der Waals surface area (Å²) >= 11 is 0. The van der Waals surface area contributed by atoms with Crippen molar-refractivity contribution in [3.63, 3.8) is 0 Å². The molecule has 2 aromatic heterocycles. The number of pyridine rings is 1. The largest absolute Gasteiger partial charge is 0.370 e. The number of rotatable bonds is 5. The van der Waals surface area contributed by atoms with Crippen LogP contribution < -0.4 is 10.2 Å². The number of carbonyl (C=O) groups excluding carboxylic acids is 2. The van der Waals surface area contributed by atoms with E-state index < -0.39 is 0 Å². The molecule has 150 valence electrons. The molecule has 7 heteroatoms. The molecule has 0 aliphatic carbocycles. The second-order valence-electron chi connectivity index (χ2n) is 7.53. The fourth-order valence-electron chi connectivity index (χ4n) is 3.48. The van der Waals surface area contributed by atoms with E-state index in [-0.39, 0.29) is 18.4 Å². The van der Waals surface area contributed by atoms with Gasteiger partial charge in [-0.1, -0.05) is 19.9 Å². The number of amides is 2. The molecule has 0 unspecified atom stereocenters. The Morgan fingerprint density at radius 2 is 2.00 bits per heavy atom. The Morgan fingerprint density at radius 3 is 2.72 bits per heavy atom. The van der Waals surface area contributed by atoms with Crippen LogP contribution >= 0.6 is 0 Å². The van der Waals surface area contributed by atoms with Crippen molar-refractivity contribution in [2.24, 2.45) is 5.92 Å². The first-order valence-electron chi connectivity index (χ1n) is 9.78. The van der Waals surface area contributed by atoms with Crippen molar-refractivity contribution in [1.29, 1.82) is 0 Å². The molecule has 0 atom stereocenters. The van der Waals surface area contributed by atoms with Crippen LogP contribution in [0, 0.1) is 5.92 Å². The van der Waals surface area contributed by atoms with Crippen LogP contribution in [-0.2, 0) is 16.0 Å². The Morgan fingerprint density at radius 1 is 1.21 bits per heavy atom. The topological polar surface area (TPSA) is 75.9 Å². The molecule has 3 aromatic rings. The Labute approximate surface area is 169 Å². The number of hydrogen-bond acceptors (Lipinski definition) is 4. The van der Waals surface area contributed by atoms with E-state index in [1.54, 1.807) is 17.0 Å². The highest BCUT2D eigenvalue weighted by atomic mass is 16.5. The van der Waals surface area contributed by atoms with Crippen molar-refractivity contribution in [3.05, 3.63) is 60.2 Å². The number of anilines is 2. The van der Waals surface area contributed by atoms with E-state index in [4.69, 9.17) is 4.74 Å². The van der Waals surface area contributed by atoms with Crippen LogP contribution in [0.25, 0.3) is 5.52 Å².